The number of anilines is 1. The third-order valence-electron chi connectivity index (χ3n) is 4.51. The van der Waals surface area contributed by atoms with Crippen LogP contribution in [0.4, 0.5) is 5.69 Å². The number of nitrogens with zero attached hydrogens (tertiary/aromatic N) is 2. The molecule has 5 heteroatoms. The van der Waals surface area contributed by atoms with E-state index in [4.69, 9.17) is 5.73 Å². The summed E-state index contributed by atoms with van der Waals surface area (Å²) in [4.78, 5) is 12.3. The molecule has 4 atom stereocenters. The van der Waals surface area contributed by atoms with Crippen molar-refractivity contribution >= 4 is 11.6 Å². The third kappa shape index (κ3) is 1.82. The molecule has 0 saturated heterocycles. The number of nitrogens with two attached hydrogens (primary N) is 1. The highest BCUT2D eigenvalue weighted by Crippen LogP contribution is 2.47. The number of fused-ring (bicyclic) bond motifs is 2. The van der Waals surface area contributed by atoms with Crippen LogP contribution in [0.15, 0.2) is 12.4 Å². The Kier molecular flexibility index (Phi) is 2.86. The standard InChI is InChI=1S/C13H20N4O/c1-2-17-7-10(6-15-17)16-13(18)11-8-3-4-9(5-8)12(11)14/h6-9,11-12H,2-5,14H2,1H3,(H,16,18). The van der Waals surface area contributed by atoms with Gasteiger partial charge < -0.3 is 11.1 Å². The molecule has 0 aliphatic heterocycles. The van der Waals surface area contributed by atoms with Gasteiger partial charge in [-0.1, -0.05) is 0 Å². The summed E-state index contributed by atoms with van der Waals surface area (Å²) in [6.45, 7) is 2.83. The Morgan fingerprint density at radius 2 is 2.33 bits per heavy atom. The fourth-order valence-electron chi connectivity index (χ4n) is 3.55. The summed E-state index contributed by atoms with van der Waals surface area (Å²) < 4.78 is 1.80. The predicted molar refractivity (Wildman–Crippen MR) is 68.8 cm³/mol. The lowest BCUT2D eigenvalue weighted by molar-refractivity contribution is -0.121. The molecule has 1 aromatic rings. The maximum absolute atomic E-state index is 12.3. The molecular weight excluding hydrogens is 228 g/mol. The van der Waals surface area contributed by atoms with Crippen LogP contribution in [0.25, 0.3) is 0 Å². The van der Waals surface area contributed by atoms with Crippen LogP contribution >= 0.6 is 0 Å². The number of carbonyl (C=O) groups excluding carboxylic acids is 1. The van der Waals surface area contributed by atoms with Crippen LogP contribution in [-0.2, 0) is 11.3 Å². The molecule has 5 nitrogen and oxygen atoms in total. The summed E-state index contributed by atoms with van der Waals surface area (Å²) in [5.74, 6) is 1.12. The molecule has 98 valence electrons. The van der Waals surface area contributed by atoms with Crippen LogP contribution in [0.1, 0.15) is 26.2 Å². The normalized spacial score (nSPS) is 33.9. The van der Waals surface area contributed by atoms with E-state index in [-0.39, 0.29) is 17.9 Å². The molecule has 2 saturated carbocycles. The molecule has 0 radical (unpaired) electrons. The van der Waals surface area contributed by atoms with Crippen molar-refractivity contribution < 1.29 is 4.79 Å². The molecular formula is C13H20N4O. The second-order valence-corrected chi connectivity index (χ2v) is 5.51. The van der Waals surface area contributed by atoms with Crippen molar-refractivity contribution in [3.63, 3.8) is 0 Å². The topological polar surface area (TPSA) is 72.9 Å². The first kappa shape index (κ1) is 11.7. The highest BCUT2D eigenvalue weighted by molar-refractivity contribution is 5.93. The zero-order valence-corrected chi connectivity index (χ0v) is 10.7. The van der Waals surface area contributed by atoms with Gasteiger partial charge in [0.25, 0.3) is 0 Å². The number of hydrogen-bond acceptors (Lipinski definition) is 3. The molecule has 1 heterocycles. The van der Waals surface area contributed by atoms with Gasteiger partial charge in [-0.15, -0.1) is 0 Å². The first-order valence-electron chi connectivity index (χ1n) is 6.78. The second-order valence-electron chi connectivity index (χ2n) is 5.51. The van der Waals surface area contributed by atoms with Crippen molar-refractivity contribution in [3.8, 4) is 0 Å². The lowest BCUT2D eigenvalue weighted by atomic mass is 9.84. The Morgan fingerprint density at radius 3 is 2.94 bits per heavy atom. The van der Waals surface area contributed by atoms with E-state index in [1.54, 1.807) is 10.9 Å². The van der Waals surface area contributed by atoms with Crippen molar-refractivity contribution in [1.82, 2.24) is 9.78 Å². The highest BCUT2D eigenvalue weighted by atomic mass is 16.2. The van der Waals surface area contributed by atoms with E-state index in [1.807, 2.05) is 13.1 Å². The largest absolute Gasteiger partial charge is 0.327 e. The molecule has 3 rings (SSSR count). The van der Waals surface area contributed by atoms with Crippen molar-refractivity contribution in [2.75, 3.05) is 5.32 Å². The summed E-state index contributed by atoms with van der Waals surface area (Å²) in [6.07, 6.45) is 7.04. The predicted octanol–water partition coefficient (Wildman–Crippen LogP) is 1.21. The van der Waals surface area contributed by atoms with E-state index in [9.17, 15) is 4.79 Å². The Balaban J connectivity index is 1.68. The molecule has 1 amide bonds. The van der Waals surface area contributed by atoms with Gasteiger partial charge in [0, 0.05) is 18.8 Å². The number of rotatable bonds is 3. The zero-order chi connectivity index (χ0) is 12.7. The molecule has 0 spiro atoms. The summed E-state index contributed by atoms with van der Waals surface area (Å²) in [7, 11) is 0. The fraction of sp³-hybridized carbons (Fsp3) is 0.692. The Labute approximate surface area is 107 Å². The van der Waals surface area contributed by atoms with E-state index < -0.39 is 0 Å². The molecule has 2 aliphatic carbocycles. The SMILES string of the molecule is CCn1cc(NC(=O)C2C3CCC(C3)C2N)cn1. The first-order chi connectivity index (χ1) is 8.69. The van der Waals surface area contributed by atoms with Gasteiger partial charge in [0.1, 0.15) is 0 Å². The van der Waals surface area contributed by atoms with Gasteiger partial charge in [0.2, 0.25) is 5.91 Å². The Morgan fingerprint density at radius 1 is 1.56 bits per heavy atom. The summed E-state index contributed by atoms with van der Waals surface area (Å²) >= 11 is 0. The average Bonchev–Trinajstić information content (AvgIpc) is 3.03. The minimum atomic E-state index is -0.00581. The lowest BCUT2D eigenvalue weighted by Crippen LogP contribution is -2.42. The van der Waals surface area contributed by atoms with Crippen molar-refractivity contribution in [2.24, 2.45) is 23.5 Å². The minimum absolute atomic E-state index is 0.00581. The van der Waals surface area contributed by atoms with Crippen LogP contribution in [0.5, 0.6) is 0 Å². The summed E-state index contributed by atoms with van der Waals surface area (Å²) in [5.41, 5.74) is 6.94. The van der Waals surface area contributed by atoms with E-state index in [1.165, 1.54) is 6.42 Å². The zero-order valence-electron chi connectivity index (χ0n) is 10.7. The molecule has 4 unspecified atom stereocenters. The molecule has 2 bridgehead atoms. The molecule has 2 fully saturated rings. The van der Waals surface area contributed by atoms with Gasteiger partial charge >= 0.3 is 0 Å². The van der Waals surface area contributed by atoms with Gasteiger partial charge in [-0.25, -0.2) is 0 Å². The van der Waals surface area contributed by atoms with Gasteiger partial charge in [-0.3, -0.25) is 9.48 Å². The van der Waals surface area contributed by atoms with E-state index >= 15 is 0 Å². The molecule has 1 aromatic heterocycles. The van der Waals surface area contributed by atoms with Crippen LogP contribution in [-0.4, -0.2) is 21.7 Å². The number of aromatic nitrogens is 2. The fourth-order valence-corrected chi connectivity index (χ4v) is 3.55. The first-order valence-corrected chi connectivity index (χ1v) is 6.78. The van der Waals surface area contributed by atoms with E-state index in [2.05, 4.69) is 10.4 Å². The molecule has 2 aliphatic rings. The smallest absolute Gasteiger partial charge is 0.229 e. The van der Waals surface area contributed by atoms with Crippen LogP contribution < -0.4 is 11.1 Å². The average molecular weight is 248 g/mol. The Bertz CT molecular complexity index is 454. The molecule has 0 aromatic carbocycles. The Hall–Kier alpha value is -1.36. The monoisotopic (exact) mass is 248 g/mol. The van der Waals surface area contributed by atoms with Gasteiger partial charge in [-0.05, 0) is 38.0 Å². The van der Waals surface area contributed by atoms with Crippen LogP contribution in [0.3, 0.4) is 0 Å². The quantitative estimate of drug-likeness (QED) is 0.844. The summed E-state index contributed by atoms with van der Waals surface area (Å²) in [5, 5.41) is 7.10. The van der Waals surface area contributed by atoms with Crippen molar-refractivity contribution in [3.05, 3.63) is 12.4 Å². The van der Waals surface area contributed by atoms with Crippen LogP contribution in [0, 0.1) is 17.8 Å². The minimum Gasteiger partial charge on any atom is -0.327 e. The molecule has 18 heavy (non-hydrogen) atoms. The number of amides is 1. The van der Waals surface area contributed by atoms with Crippen LogP contribution in [0.2, 0.25) is 0 Å². The maximum Gasteiger partial charge on any atom is 0.229 e. The number of nitrogens with one attached hydrogen (secondary N) is 1. The van der Waals surface area contributed by atoms with E-state index in [0.29, 0.717) is 11.8 Å². The number of carbonyl (C=O) groups is 1. The molecule has 3 N–H and O–H groups in total. The highest BCUT2D eigenvalue weighted by Gasteiger charge is 2.49. The number of hydrogen-bond donors (Lipinski definition) is 2. The number of aryl methyl sites for hydroxylation is 1. The maximum atomic E-state index is 12.3. The van der Waals surface area contributed by atoms with Crippen molar-refractivity contribution in [1.29, 1.82) is 0 Å². The van der Waals surface area contributed by atoms with Crippen molar-refractivity contribution in [2.45, 2.75) is 38.8 Å². The van der Waals surface area contributed by atoms with Gasteiger partial charge in [0.15, 0.2) is 0 Å². The van der Waals surface area contributed by atoms with E-state index in [0.717, 1.165) is 25.1 Å². The van der Waals surface area contributed by atoms with Gasteiger partial charge in [-0.2, -0.15) is 5.10 Å². The van der Waals surface area contributed by atoms with Gasteiger partial charge in [0.05, 0.1) is 17.8 Å². The lowest BCUT2D eigenvalue weighted by Gasteiger charge is -2.26. The second kappa shape index (κ2) is 4.39. The summed E-state index contributed by atoms with van der Waals surface area (Å²) in [6, 6.07) is 0.0463. The third-order valence-corrected chi connectivity index (χ3v) is 4.51.